The Morgan fingerprint density at radius 2 is 1.85 bits per heavy atom. The van der Waals surface area contributed by atoms with Gasteiger partial charge in [-0.15, -0.1) is 0 Å². The van der Waals surface area contributed by atoms with Crippen molar-refractivity contribution < 1.29 is 4.57 Å². The standard InChI is InChI=1S/C27H27Cl2N2S2/c1-4-30-24(32-22-10-6-8-20(28)26(22)30)15-18-12-17(3)13-19(14-18)16-25-31(5-2)27-21(29)9-7-11-23(27)33-25/h6-11,14-17H,4-5,12-13H2,1-3H3/q+1. The fraction of sp³-hybridized carbons (Fsp3) is 0.296. The number of benzene rings is 2. The number of thioether (sulfide) groups is 1. The van der Waals surface area contributed by atoms with E-state index in [9.17, 15) is 0 Å². The Morgan fingerprint density at radius 1 is 1.06 bits per heavy atom. The van der Waals surface area contributed by atoms with Gasteiger partial charge in [0.15, 0.2) is 0 Å². The number of aromatic nitrogens is 1. The Morgan fingerprint density at radius 3 is 2.64 bits per heavy atom. The summed E-state index contributed by atoms with van der Waals surface area (Å²) in [5, 5.41) is 4.17. The zero-order valence-electron chi connectivity index (χ0n) is 19.1. The number of thiazole rings is 1. The summed E-state index contributed by atoms with van der Waals surface area (Å²) in [5.74, 6) is 0.605. The van der Waals surface area contributed by atoms with E-state index in [4.69, 9.17) is 23.2 Å². The Hall–Kier alpha value is -1.72. The van der Waals surface area contributed by atoms with Crippen LogP contribution in [0.1, 0.15) is 38.6 Å². The monoisotopic (exact) mass is 513 g/mol. The van der Waals surface area contributed by atoms with Crippen LogP contribution < -0.4 is 9.47 Å². The van der Waals surface area contributed by atoms with Gasteiger partial charge >= 0.3 is 0 Å². The zero-order chi connectivity index (χ0) is 23.1. The Balaban J connectivity index is 1.53. The molecule has 33 heavy (non-hydrogen) atoms. The molecule has 0 saturated heterocycles. The largest absolute Gasteiger partial charge is 0.334 e. The van der Waals surface area contributed by atoms with Crippen LogP contribution in [0.3, 0.4) is 0 Å². The van der Waals surface area contributed by atoms with Crippen LogP contribution in [0.25, 0.3) is 16.3 Å². The predicted octanol–water partition coefficient (Wildman–Crippen LogP) is 8.73. The van der Waals surface area contributed by atoms with E-state index >= 15 is 0 Å². The van der Waals surface area contributed by atoms with Crippen molar-refractivity contribution in [2.75, 3.05) is 11.4 Å². The molecule has 5 rings (SSSR count). The third-order valence-corrected chi connectivity index (χ3v) is 8.99. The van der Waals surface area contributed by atoms with E-state index in [0.29, 0.717) is 5.92 Å². The second kappa shape index (κ2) is 9.50. The van der Waals surface area contributed by atoms with Crippen LogP contribution in [0.4, 0.5) is 5.69 Å². The number of hydrogen-bond donors (Lipinski definition) is 0. The summed E-state index contributed by atoms with van der Waals surface area (Å²) in [5.41, 5.74) is 5.05. The van der Waals surface area contributed by atoms with Crippen LogP contribution >= 0.6 is 46.3 Å². The third-order valence-electron chi connectivity index (χ3n) is 6.19. The summed E-state index contributed by atoms with van der Waals surface area (Å²) in [4.78, 5) is 3.58. The lowest BCUT2D eigenvalue weighted by Gasteiger charge is -2.22. The summed E-state index contributed by atoms with van der Waals surface area (Å²) in [6.07, 6.45) is 9.30. The van der Waals surface area contributed by atoms with Crippen LogP contribution in [0.5, 0.6) is 0 Å². The van der Waals surface area contributed by atoms with Gasteiger partial charge in [-0.2, -0.15) is 4.57 Å². The minimum absolute atomic E-state index is 0.605. The number of hydrogen-bond acceptors (Lipinski definition) is 3. The summed E-state index contributed by atoms with van der Waals surface area (Å²) in [6, 6.07) is 12.4. The topological polar surface area (TPSA) is 7.12 Å². The predicted molar refractivity (Wildman–Crippen MR) is 146 cm³/mol. The molecule has 1 unspecified atom stereocenters. The fourth-order valence-corrected chi connectivity index (χ4v) is 7.95. The lowest BCUT2D eigenvalue weighted by Crippen LogP contribution is -2.33. The van der Waals surface area contributed by atoms with Gasteiger partial charge in [0.25, 0.3) is 5.01 Å². The number of fused-ring (bicyclic) bond motifs is 2. The van der Waals surface area contributed by atoms with Gasteiger partial charge in [0.05, 0.1) is 15.7 Å². The number of halogens is 2. The van der Waals surface area contributed by atoms with Gasteiger partial charge in [-0.05, 0) is 74.1 Å². The van der Waals surface area contributed by atoms with Gasteiger partial charge in [0, 0.05) is 17.5 Å². The third kappa shape index (κ3) is 4.39. The molecule has 3 aromatic rings. The van der Waals surface area contributed by atoms with Crippen LogP contribution in [0, 0.1) is 5.92 Å². The molecule has 0 radical (unpaired) electrons. The number of para-hydroxylation sites is 2. The van der Waals surface area contributed by atoms with Crippen molar-refractivity contribution in [2.45, 2.75) is 45.1 Å². The second-order valence-corrected chi connectivity index (χ2v) is 11.6. The molecule has 0 amide bonds. The first-order chi connectivity index (χ1) is 16.0. The summed E-state index contributed by atoms with van der Waals surface area (Å²) >= 11 is 16.7. The summed E-state index contributed by atoms with van der Waals surface area (Å²) in [6.45, 7) is 8.53. The molecule has 0 N–H and O–H groups in total. The molecule has 0 bridgehead atoms. The van der Waals surface area contributed by atoms with Gasteiger partial charge in [-0.25, -0.2) is 0 Å². The maximum absolute atomic E-state index is 6.54. The molecule has 0 saturated carbocycles. The number of allylic oxidation sites excluding steroid dienone is 4. The maximum atomic E-state index is 6.54. The molecule has 2 nitrogen and oxygen atoms in total. The quantitative estimate of drug-likeness (QED) is 0.322. The average molecular weight is 515 g/mol. The summed E-state index contributed by atoms with van der Waals surface area (Å²) < 4.78 is 3.58. The minimum Gasteiger partial charge on any atom is -0.334 e. The Bertz CT molecular complexity index is 1320. The Labute approximate surface area is 214 Å². The van der Waals surface area contributed by atoms with E-state index in [-0.39, 0.29) is 0 Å². The summed E-state index contributed by atoms with van der Waals surface area (Å²) in [7, 11) is 0. The number of rotatable bonds is 4. The molecular formula is C27H27Cl2N2S2+. The fourth-order valence-electron chi connectivity index (χ4n) is 4.83. The van der Waals surface area contributed by atoms with Gasteiger partial charge in [0.1, 0.15) is 16.3 Å². The van der Waals surface area contributed by atoms with E-state index < -0.39 is 0 Å². The van der Waals surface area contributed by atoms with Crippen molar-refractivity contribution in [3.63, 3.8) is 0 Å². The van der Waals surface area contributed by atoms with Gasteiger partial charge in [-0.3, -0.25) is 0 Å². The second-order valence-electron chi connectivity index (χ2n) is 8.64. The average Bonchev–Trinajstić information content (AvgIpc) is 3.31. The SMILES string of the molecule is CCN1C(=CC2=CC(=Cc3sc4cccc(Cl)c4[n+]3CC)CC(C)C2)Sc2cccc(Cl)c21. The maximum Gasteiger partial charge on any atom is 0.263 e. The van der Waals surface area contributed by atoms with Gasteiger partial charge in [0.2, 0.25) is 5.52 Å². The van der Waals surface area contributed by atoms with Crippen LogP contribution in [-0.2, 0) is 6.54 Å². The van der Waals surface area contributed by atoms with Crippen molar-refractivity contribution >= 4 is 68.3 Å². The van der Waals surface area contributed by atoms with Crippen LogP contribution in [-0.4, -0.2) is 6.54 Å². The number of aryl methyl sites for hydroxylation is 1. The molecule has 170 valence electrons. The molecule has 1 atom stereocenters. The molecule has 0 spiro atoms. The van der Waals surface area contributed by atoms with E-state index in [1.54, 1.807) is 0 Å². The first kappa shape index (κ1) is 23.0. The van der Waals surface area contributed by atoms with Crippen LogP contribution in [0.2, 0.25) is 10.0 Å². The van der Waals surface area contributed by atoms with E-state index in [1.165, 1.54) is 30.8 Å². The van der Waals surface area contributed by atoms with Crippen molar-refractivity contribution in [2.24, 2.45) is 5.92 Å². The molecule has 1 aliphatic carbocycles. The van der Waals surface area contributed by atoms with Gasteiger partial charge < -0.3 is 4.90 Å². The lowest BCUT2D eigenvalue weighted by atomic mass is 9.87. The van der Waals surface area contributed by atoms with Crippen molar-refractivity contribution in [3.8, 4) is 0 Å². The van der Waals surface area contributed by atoms with Crippen molar-refractivity contribution in [1.29, 1.82) is 0 Å². The smallest absolute Gasteiger partial charge is 0.263 e. The lowest BCUT2D eigenvalue weighted by molar-refractivity contribution is -0.665. The van der Waals surface area contributed by atoms with Crippen molar-refractivity contribution in [1.82, 2.24) is 0 Å². The molecular weight excluding hydrogens is 487 g/mol. The molecule has 1 aliphatic heterocycles. The zero-order valence-corrected chi connectivity index (χ0v) is 22.2. The van der Waals surface area contributed by atoms with Gasteiger partial charge in [-0.1, -0.05) is 71.4 Å². The van der Waals surface area contributed by atoms with E-state index in [2.05, 4.69) is 60.6 Å². The highest BCUT2D eigenvalue weighted by molar-refractivity contribution is 8.03. The first-order valence-electron chi connectivity index (χ1n) is 11.5. The molecule has 2 aromatic carbocycles. The highest BCUT2D eigenvalue weighted by Gasteiger charge is 2.27. The van der Waals surface area contributed by atoms with E-state index in [1.807, 2.05) is 47.4 Å². The molecule has 2 heterocycles. The molecule has 6 heteroatoms. The normalized spacial score (nSPS) is 20.7. The minimum atomic E-state index is 0.605. The first-order valence-corrected chi connectivity index (χ1v) is 13.8. The number of nitrogens with zero attached hydrogens (tertiary/aromatic N) is 2. The number of anilines is 1. The highest BCUT2D eigenvalue weighted by Crippen LogP contribution is 2.49. The molecule has 2 aliphatic rings. The van der Waals surface area contributed by atoms with Crippen molar-refractivity contribution in [3.05, 3.63) is 79.8 Å². The van der Waals surface area contributed by atoms with E-state index in [0.717, 1.165) is 47.2 Å². The van der Waals surface area contributed by atoms with Crippen LogP contribution in [0.15, 0.2) is 69.6 Å². The Kier molecular flexibility index (Phi) is 6.63. The molecule has 0 fully saturated rings. The molecule has 1 aromatic heterocycles. The highest BCUT2D eigenvalue weighted by atomic mass is 35.5.